The van der Waals surface area contributed by atoms with Gasteiger partial charge in [-0.2, -0.15) is 0 Å². The van der Waals surface area contributed by atoms with Crippen LogP contribution in [0.15, 0.2) is 36.5 Å². The third-order valence-electron chi connectivity index (χ3n) is 2.46. The summed E-state index contributed by atoms with van der Waals surface area (Å²) in [5, 5.41) is 3.00. The molecule has 0 atom stereocenters. The SMILES string of the molecule is NC(=S)c1cc(F)ccc1NC(=O)c1ccc(Cl)cn1. The quantitative estimate of drug-likeness (QED) is 0.856. The Kier molecular flexibility index (Phi) is 4.26. The number of benzene rings is 1. The number of nitrogens with zero attached hydrogens (tertiary/aromatic N) is 1. The maximum atomic E-state index is 13.2. The zero-order chi connectivity index (χ0) is 14.7. The van der Waals surface area contributed by atoms with Crippen molar-refractivity contribution in [3.63, 3.8) is 0 Å². The zero-order valence-corrected chi connectivity index (χ0v) is 11.6. The standard InChI is InChI=1S/C13H9ClFN3OS/c14-7-1-3-11(17-6-7)13(19)18-10-4-2-8(15)5-9(10)12(16)20/h1-6H,(H2,16,20)(H,18,19). The van der Waals surface area contributed by atoms with Gasteiger partial charge in [0, 0.05) is 11.8 Å². The Hall–Kier alpha value is -2.05. The predicted octanol–water partition coefficient (Wildman–Crippen LogP) is 2.76. The summed E-state index contributed by atoms with van der Waals surface area (Å²) in [7, 11) is 0. The molecule has 7 heteroatoms. The van der Waals surface area contributed by atoms with Crippen molar-refractivity contribution in [1.29, 1.82) is 0 Å². The van der Waals surface area contributed by atoms with Crippen LogP contribution in [0.25, 0.3) is 0 Å². The molecule has 1 aromatic carbocycles. The van der Waals surface area contributed by atoms with Gasteiger partial charge in [-0.15, -0.1) is 0 Å². The second-order valence-electron chi connectivity index (χ2n) is 3.87. The number of anilines is 1. The molecule has 1 aromatic heterocycles. The lowest BCUT2D eigenvalue weighted by Gasteiger charge is -2.10. The molecule has 0 fully saturated rings. The van der Waals surface area contributed by atoms with Gasteiger partial charge in [0.05, 0.1) is 10.7 Å². The number of thiocarbonyl (C=S) groups is 1. The van der Waals surface area contributed by atoms with E-state index in [1.165, 1.54) is 24.4 Å². The molecule has 2 aromatic rings. The Labute approximate surface area is 124 Å². The number of aromatic nitrogens is 1. The zero-order valence-electron chi connectivity index (χ0n) is 10.1. The summed E-state index contributed by atoms with van der Waals surface area (Å²) in [6.07, 6.45) is 1.36. The predicted molar refractivity (Wildman–Crippen MR) is 79.5 cm³/mol. The first kappa shape index (κ1) is 14.4. The van der Waals surface area contributed by atoms with Crippen molar-refractivity contribution >= 4 is 40.4 Å². The number of amides is 1. The van der Waals surface area contributed by atoms with Crippen LogP contribution in [0.1, 0.15) is 16.1 Å². The lowest BCUT2D eigenvalue weighted by molar-refractivity contribution is 0.102. The van der Waals surface area contributed by atoms with E-state index in [0.717, 1.165) is 6.07 Å². The number of pyridine rings is 1. The van der Waals surface area contributed by atoms with Crippen molar-refractivity contribution in [3.05, 3.63) is 58.6 Å². The Balaban J connectivity index is 2.28. The molecule has 2 rings (SSSR count). The number of nitrogens with one attached hydrogen (secondary N) is 1. The molecule has 0 aliphatic carbocycles. The number of carbonyl (C=O) groups excluding carboxylic acids is 1. The van der Waals surface area contributed by atoms with Crippen LogP contribution in [0.3, 0.4) is 0 Å². The van der Waals surface area contributed by atoms with Gasteiger partial charge in [0.1, 0.15) is 16.5 Å². The molecule has 0 unspecified atom stereocenters. The van der Waals surface area contributed by atoms with E-state index in [1.807, 2.05) is 0 Å². The molecular formula is C13H9ClFN3OS. The van der Waals surface area contributed by atoms with Crippen LogP contribution < -0.4 is 11.1 Å². The largest absolute Gasteiger partial charge is 0.389 e. The second kappa shape index (κ2) is 5.94. The molecule has 0 aliphatic rings. The van der Waals surface area contributed by atoms with E-state index < -0.39 is 11.7 Å². The summed E-state index contributed by atoms with van der Waals surface area (Å²) in [4.78, 5) is 15.9. The molecule has 0 aliphatic heterocycles. The first-order chi connectivity index (χ1) is 9.47. The third kappa shape index (κ3) is 3.28. The van der Waals surface area contributed by atoms with Crippen LogP contribution in [0.4, 0.5) is 10.1 Å². The molecule has 3 N–H and O–H groups in total. The number of carbonyl (C=O) groups is 1. The van der Waals surface area contributed by atoms with Gasteiger partial charge in [-0.3, -0.25) is 4.79 Å². The molecule has 0 saturated carbocycles. The maximum absolute atomic E-state index is 13.2. The summed E-state index contributed by atoms with van der Waals surface area (Å²) in [6, 6.07) is 6.77. The first-order valence-electron chi connectivity index (χ1n) is 5.49. The molecule has 1 heterocycles. The average molecular weight is 310 g/mol. The Morgan fingerprint density at radius 3 is 2.70 bits per heavy atom. The van der Waals surface area contributed by atoms with Crippen LogP contribution in [0.2, 0.25) is 5.02 Å². The Morgan fingerprint density at radius 1 is 1.35 bits per heavy atom. The number of hydrogen-bond acceptors (Lipinski definition) is 3. The van der Waals surface area contributed by atoms with Gasteiger partial charge >= 0.3 is 0 Å². The van der Waals surface area contributed by atoms with Crippen LogP contribution >= 0.6 is 23.8 Å². The van der Waals surface area contributed by atoms with Gasteiger partial charge in [-0.25, -0.2) is 9.37 Å². The number of nitrogens with two attached hydrogens (primary N) is 1. The third-order valence-corrected chi connectivity index (χ3v) is 2.90. The molecular weight excluding hydrogens is 301 g/mol. The van der Waals surface area contributed by atoms with Gasteiger partial charge in [-0.1, -0.05) is 23.8 Å². The van der Waals surface area contributed by atoms with E-state index in [4.69, 9.17) is 29.6 Å². The molecule has 0 bridgehead atoms. The van der Waals surface area contributed by atoms with Crippen molar-refractivity contribution in [3.8, 4) is 0 Å². The van der Waals surface area contributed by atoms with Crippen molar-refractivity contribution in [2.24, 2.45) is 5.73 Å². The number of halogens is 2. The van der Waals surface area contributed by atoms with Crippen LogP contribution in [0.5, 0.6) is 0 Å². The van der Waals surface area contributed by atoms with Crippen LogP contribution in [-0.2, 0) is 0 Å². The minimum atomic E-state index is -0.490. The molecule has 0 saturated heterocycles. The minimum absolute atomic E-state index is 0.0103. The van der Waals surface area contributed by atoms with Crippen molar-refractivity contribution in [2.75, 3.05) is 5.32 Å². The van der Waals surface area contributed by atoms with E-state index in [0.29, 0.717) is 10.7 Å². The van der Waals surface area contributed by atoms with Crippen LogP contribution in [0, 0.1) is 5.82 Å². The summed E-state index contributed by atoms with van der Waals surface area (Å²) in [5.41, 5.74) is 6.24. The maximum Gasteiger partial charge on any atom is 0.274 e. The van der Waals surface area contributed by atoms with Gasteiger partial charge in [0.25, 0.3) is 5.91 Å². The van der Waals surface area contributed by atoms with Crippen molar-refractivity contribution in [1.82, 2.24) is 4.98 Å². The average Bonchev–Trinajstić information content (AvgIpc) is 2.41. The summed E-state index contributed by atoms with van der Waals surface area (Å²) >= 11 is 10.5. The normalized spacial score (nSPS) is 10.1. The lowest BCUT2D eigenvalue weighted by atomic mass is 10.1. The van der Waals surface area contributed by atoms with Gasteiger partial charge in [0.15, 0.2) is 0 Å². The first-order valence-corrected chi connectivity index (χ1v) is 6.28. The number of rotatable bonds is 3. The Bertz CT molecular complexity index is 676. The molecule has 20 heavy (non-hydrogen) atoms. The molecule has 0 radical (unpaired) electrons. The highest BCUT2D eigenvalue weighted by Gasteiger charge is 2.12. The minimum Gasteiger partial charge on any atom is -0.389 e. The van der Waals surface area contributed by atoms with Gasteiger partial charge in [0.2, 0.25) is 0 Å². The van der Waals surface area contributed by atoms with Crippen molar-refractivity contribution < 1.29 is 9.18 Å². The fraction of sp³-hybridized carbons (Fsp3) is 0. The molecule has 4 nitrogen and oxygen atoms in total. The number of hydrogen-bond donors (Lipinski definition) is 2. The fourth-order valence-corrected chi connectivity index (χ4v) is 1.81. The highest BCUT2D eigenvalue weighted by molar-refractivity contribution is 7.80. The molecule has 102 valence electrons. The Morgan fingerprint density at radius 2 is 2.10 bits per heavy atom. The fourth-order valence-electron chi connectivity index (χ4n) is 1.53. The highest BCUT2D eigenvalue weighted by atomic mass is 35.5. The van der Waals surface area contributed by atoms with Gasteiger partial charge in [-0.05, 0) is 30.3 Å². The topological polar surface area (TPSA) is 68.0 Å². The van der Waals surface area contributed by atoms with E-state index in [2.05, 4.69) is 10.3 Å². The molecule has 1 amide bonds. The summed E-state index contributed by atoms with van der Waals surface area (Å²) in [5.74, 6) is -0.957. The van der Waals surface area contributed by atoms with Crippen LogP contribution in [-0.4, -0.2) is 15.9 Å². The lowest BCUT2D eigenvalue weighted by Crippen LogP contribution is -2.18. The van der Waals surface area contributed by atoms with E-state index in [9.17, 15) is 9.18 Å². The van der Waals surface area contributed by atoms with E-state index in [-0.39, 0.29) is 16.2 Å². The van der Waals surface area contributed by atoms with Crippen molar-refractivity contribution in [2.45, 2.75) is 0 Å². The highest BCUT2D eigenvalue weighted by Crippen LogP contribution is 2.18. The van der Waals surface area contributed by atoms with E-state index in [1.54, 1.807) is 6.07 Å². The monoisotopic (exact) mass is 309 g/mol. The second-order valence-corrected chi connectivity index (χ2v) is 4.75. The van der Waals surface area contributed by atoms with E-state index >= 15 is 0 Å². The smallest absolute Gasteiger partial charge is 0.274 e. The van der Waals surface area contributed by atoms with Gasteiger partial charge < -0.3 is 11.1 Å². The summed E-state index contributed by atoms with van der Waals surface area (Å²) in [6.45, 7) is 0. The summed E-state index contributed by atoms with van der Waals surface area (Å²) < 4.78 is 13.2. The molecule has 0 spiro atoms.